The predicted octanol–water partition coefficient (Wildman–Crippen LogP) is 3.00. The number of carbonyl (C=O) groups is 2. The van der Waals surface area contributed by atoms with E-state index in [0.717, 1.165) is 4.31 Å². The van der Waals surface area contributed by atoms with Crippen LogP contribution in [0.2, 0.25) is 0 Å². The number of anilines is 1. The van der Waals surface area contributed by atoms with Gasteiger partial charge in [-0.3, -0.25) is 9.59 Å². The van der Waals surface area contributed by atoms with Crippen LogP contribution in [0.25, 0.3) is 0 Å². The molecule has 3 aromatic carbocycles. The number of ether oxygens (including phenoxy) is 2. The van der Waals surface area contributed by atoms with Crippen LogP contribution in [-0.2, 0) is 26.2 Å². The maximum atomic E-state index is 13.4. The highest BCUT2D eigenvalue weighted by atomic mass is 32.2. The normalized spacial score (nSPS) is 11.4. The number of benzene rings is 3. The Balaban J connectivity index is 1.80. The Bertz CT molecular complexity index is 1360. The molecule has 2 N–H and O–H groups in total. The number of methoxy groups -OCH3 is 2. The van der Waals surface area contributed by atoms with Gasteiger partial charge < -0.3 is 14.8 Å². The van der Waals surface area contributed by atoms with Gasteiger partial charge in [0.1, 0.15) is 0 Å². The molecule has 0 unspecified atom stereocenters. The van der Waals surface area contributed by atoms with Crippen LogP contribution in [0.15, 0.2) is 82.8 Å². The molecule has 0 radical (unpaired) electrons. The van der Waals surface area contributed by atoms with Crippen molar-refractivity contribution in [1.82, 2.24) is 9.73 Å². The third kappa shape index (κ3) is 7.38. The lowest BCUT2D eigenvalue weighted by atomic mass is 10.2. The summed E-state index contributed by atoms with van der Waals surface area (Å²) in [6.07, 6.45) is 1.38. The molecule has 2 amide bonds. The summed E-state index contributed by atoms with van der Waals surface area (Å²) < 4.78 is 38.5. The second kappa shape index (κ2) is 12.7. The van der Waals surface area contributed by atoms with E-state index in [4.69, 9.17) is 9.47 Å². The van der Waals surface area contributed by atoms with E-state index in [1.165, 1.54) is 51.6 Å². The maximum absolute atomic E-state index is 13.4. The maximum Gasteiger partial charge on any atom is 0.255 e. The van der Waals surface area contributed by atoms with Gasteiger partial charge >= 0.3 is 0 Å². The van der Waals surface area contributed by atoms with Crippen molar-refractivity contribution in [1.29, 1.82) is 0 Å². The molecule has 0 saturated carbocycles. The van der Waals surface area contributed by atoms with Crippen LogP contribution in [0.5, 0.6) is 11.5 Å². The minimum atomic E-state index is -4.07. The molecule has 0 aromatic heterocycles. The van der Waals surface area contributed by atoms with Crippen molar-refractivity contribution in [3.63, 3.8) is 0 Å². The number of carbonyl (C=O) groups excluding carboxylic acids is 2. The molecule has 0 aliphatic rings. The highest BCUT2D eigenvalue weighted by molar-refractivity contribution is 7.89. The summed E-state index contributed by atoms with van der Waals surface area (Å²) in [5.74, 6) is 0.0407. The van der Waals surface area contributed by atoms with Gasteiger partial charge in [0.15, 0.2) is 11.5 Å². The van der Waals surface area contributed by atoms with Gasteiger partial charge in [0.2, 0.25) is 15.9 Å². The molecule has 0 bridgehead atoms. The Kier molecular flexibility index (Phi) is 9.36. The first-order valence-corrected chi connectivity index (χ1v) is 12.6. The predicted molar refractivity (Wildman–Crippen MR) is 140 cm³/mol. The Hall–Kier alpha value is -4.22. The Morgan fingerprint density at radius 2 is 1.65 bits per heavy atom. The smallest absolute Gasteiger partial charge is 0.255 e. The number of hydrazone groups is 1. The van der Waals surface area contributed by atoms with Gasteiger partial charge in [-0.2, -0.15) is 9.41 Å². The fraction of sp³-hybridized carbons (Fsp3) is 0.192. The fourth-order valence-electron chi connectivity index (χ4n) is 3.46. The number of amides is 2. The van der Waals surface area contributed by atoms with Crippen molar-refractivity contribution in [3.8, 4) is 11.5 Å². The van der Waals surface area contributed by atoms with Gasteiger partial charge in [0.25, 0.3) is 5.91 Å². The molecule has 194 valence electrons. The molecule has 0 atom stereocenters. The van der Waals surface area contributed by atoms with E-state index in [1.54, 1.807) is 42.5 Å². The number of nitrogens with zero attached hydrogens (tertiary/aromatic N) is 2. The van der Waals surface area contributed by atoms with Crippen LogP contribution in [0.3, 0.4) is 0 Å². The zero-order chi connectivity index (χ0) is 26.8. The van der Waals surface area contributed by atoms with Gasteiger partial charge in [0.05, 0.1) is 31.9 Å². The third-order valence-corrected chi connectivity index (χ3v) is 6.97. The van der Waals surface area contributed by atoms with E-state index in [9.17, 15) is 18.0 Å². The van der Waals surface area contributed by atoms with Crippen LogP contribution < -0.4 is 20.2 Å². The van der Waals surface area contributed by atoms with Gasteiger partial charge in [-0.1, -0.05) is 36.4 Å². The molecule has 37 heavy (non-hydrogen) atoms. The number of nitrogens with one attached hydrogen (secondary N) is 2. The summed E-state index contributed by atoms with van der Waals surface area (Å²) in [7, 11) is -1.07. The van der Waals surface area contributed by atoms with Crippen molar-refractivity contribution < 1.29 is 27.5 Å². The third-order valence-electron chi connectivity index (χ3n) is 5.16. The van der Waals surface area contributed by atoms with Gasteiger partial charge in [-0.25, -0.2) is 13.8 Å². The topological polar surface area (TPSA) is 126 Å². The first kappa shape index (κ1) is 27.4. The quantitative estimate of drug-likeness (QED) is 0.293. The summed E-state index contributed by atoms with van der Waals surface area (Å²) in [4.78, 5) is 24.0. The molecule has 0 heterocycles. The minimum absolute atomic E-state index is 0.0186. The van der Waals surface area contributed by atoms with Crippen molar-refractivity contribution >= 4 is 33.7 Å². The van der Waals surface area contributed by atoms with E-state index >= 15 is 0 Å². The fourth-order valence-corrected chi connectivity index (χ4v) is 4.84. The van der Waals surface area contributed by atoms with Crippen LogP contribution in [0.4, 0.5) is 5.69 Å². The van der Waals surface area contributed by atoms with E-state index < -0.39 is 22.5 Å². The highest BCUT2D eigenvalue weighted by Crippen LogP contribution is 2.29. The van der Waals surface area contributed by atoms with E-state index in [1.807, 2.05) is 6.07 Å². The van der Waals surface area contributed by atoms with E-state index in [-0.39, 0.29) is 17.3 Å². The molecular formula is C26H28N4O6S. The SMILES string of the molecule is COc1cccc(/C=N/NC(=O)CN(Cc2ccccc2)S(=O)(=O)c2ccc(NC(C)=O)cc2)c1OC. The Labute approximate surface area is 216 Å². The van der Waals surface area contributed by atoms with Crippen molar-refractivity contribution in [2.75, 3.05) is 26.1 Å². The average molecular weight is 525 g/mol. The van der Waals surface area contributed by atoms with Crippen LogP contribution >= 0.6 is 0 Å². The summed E-state index contributed by atoms with van der Waals surface area (Å²) in [5.41, 5.74) is 4.10. The first-order chi connectivity index (χ1) is 17.7. The lowest BCUT2D eigenvalue weighted by Gasteiger charge is -2.21. The van der Waals surface area contributed by atoms with Gasteiger partial charge in [0, 0.05) is 24.7 Å². The second-order valence-electron chi connectivity index (χ2n) is 7.84. The number of rotatable bonds is 11. The zero-order valence-corrected chi connectivity index (χ0v) is 21.5. The molecule has 0 aliphatic heterocycles. The molecule has 11 heteroatoms. The van der Waals surface area contributed by atoms with Crippen LogP contribution in [0.1, 0.15) is 18.1 Å². The Morgan fingerprint density at radius 1 is 0.946 bits per heavy atom. The van der Waals surface area contributed by atoms with Crippen LogP contribution in [0, 0.1) is 0 Å². The van der Waals surface area contributed by atoms with E-state index in [2.05, 4.69) is 15.8 Å². The molecule has 0 fully saturated rings. The molecule has 0 saturated heterocycles. The standard InChI is InChI=1S/C26H28N4O6S/c1-19(31)28-22-12-14-23(15-13-22)37(33,34)30(17-20-8-5-4-6-9-20)18-25(32)29-27-16-21-10-7-11-24(35-2)26(21)36-3/h4-16H,17-18H2,1-3H3,(H,28,31)(H,29,32)/b27-16+. The van der Waals surface area contributed by atoms with Gasteiger partial charge in [-0.15, -0.1) is 0 Å². The molecule has 0 spiro atoms. The first-order valence-electron chi connectivity index (χ1n) is 11.2. The van der Waals surface area contributed by atoms with Crippen molar-refractivity contribution in [2.24, 2.45) is 5.10 Å². The average Bonchev–Trinajstić information content (AvgIpc) is 2.88. The number of para-hydroxylation sites is 1. The molecule has 10 nitrogen and oxygen atoms in total. The lowest BCUT2D eigenvalue weighted by molar-refractivity contribution is -0.121. The van der Waals surface area contributed by atoms with E-state index in [0.29, 0.717) is 28.3 Å². The monoisotopic (exact) mass is 524 g/mol. The highest BCUT2D eigenvalue weighted by Gasteiger charge is 2.27. The second-order valence-corrected chi connectivity index (χ2v) is 9.78. The molecular weight excluding hydrogens is 496 g/mol. The van der Waals surface area contributed by atoms with Gasteiger partial charge in [-0.05, 0) is 42.0 Å². The van der Waals surface area contributed by atoms with Crippen molar-refractivity contribution in [2.45, 2.75) is 18.4 Å². The summed E-state index contributed by atoms with van der Waals surface area (Å²) in [6, 6.07) is 19.9. The number of sulfonamides is 1. The summed E-state index contributed by atoms with van der Waals surface area (Å²) >= 11 is 0. The number of hydrogen-bond acceptors (Lipinski definition) is 7. The number of hydrogen-bond donors (Lipinski definition) is 2. The van der Waals surface area contributed by atoms with Crippen LogP contribution in [-0.4, -0.2) is 51.5 Å². The Morgan fingerprint density at radius 3 is 2.27 bits per heavy atom. The van der Waals surface area contributed by atoms with Crippen molar-refractivity contribution in [3.05, 3.63) is 83.9 Å². The summed E-state index contributed by atoms with van der Waals surface area (Å²) in [6.45, 7) is 0.854. The molecule has 0 aliphatic carbocycles. The summed E-state index contributed by atoms with van der Waals surface area (Å²) in [5, 5.41) is 6.55. The lowest BCUT2D eigenvalue weighted by Crippen LogP contribution is -2.39. The molecule has 3 aromatic rings. The minimum Gasteiger partial charge on any atom is -0.493 e. The largest absolute Gasteiger partial charge is 0.493 e. The molecule has 3 rings (SSSR count). The zero-order valence-electron chi connectivity index (χ0n) is 20.7.